The number of carbonyl (C=O) groups excluding carboxylic acids is 3. The van der Waals surface area contributed by atoms with E-state index in [0.717, 1.165) is 12.2 Å². The lowest BCUT2D eigenvalue weighted by Gasteiger charge is -2.50. The van der Waals surface area contributed by atoms with Crippen molar-refractivity contribution in [1.82, 2.24) is 10.2 Å². The minimum absolute atomic E-state index is 0.0384. The predicted molar refractivity (Wildman–Crippen MR) is 156 cm³/mol. The number of nitrogens with zero attached hydrogens (tertiary/aromatic N) is 2. The molecule has 0 saturated heterocycles. The van der Waals surface area contributed by atoms with Gasteiger partial charge in [0.25, 0.3) is 5.91 Å². The Morgan fingerprint density at radius 3 is 2.36 bits per heavy atom. The highest BCUT2D eigenvalue weighted by atomic mass is 16.3. The first-order valence-corrected chi connectivity index (χ1v) is 14.7. The zero-order valence-electron chi connectivity index (χ0n) is 24.7. The lowest BCUT2D eigenvalue weighted by atomic mass is 9.58. The molecule has 1 amide bonds. The number of aliphatic hydroxyl groups is 3. The molecule has 1 fully saturated rings. The summed E-state index contributed by atoms with van der Waals surface area (Å²) in [6.07, 6.45) is 6.35. The van der Waals surface area contributed by atoms with Gasteiger partial charge in [-0.1, -0.05) is 19.3 Å². The number of hydrogen-bond acceptors (Lipinski definition) is 10. The number of likely N-dealkylation sites (N-methyl/N-ethyl adjacent to an activating group) is 1. The number of aliphatic hydroxyl groups excluding tert-OH is 2. The lowest BCUT2D eigenvalue weighted by Crippen LogP contribution is -2.63. The molecular weight excluding hydrogens is 540 g/mol. The molecule has 1 aromatic carbocycles. The number of carbonyl (C=O) groups is 3. The first-order valence-electron chi connectivity index (χ1n) is 14.7. The number of benzene rings is 1. The highest BCUT2D eigenvalue weighted by Crippen LogP contribution is 2.53. The molecule has 4 aliphatic rings. The molecule has 4 unspecified atom stereocenters. The van der Waals surface area contributed by atoms with Crippen LogP contribution in [0.1, 0.15) is 60.0 Å². The van der Waals surface area contributed by atoms with Crippen molar-refractivity contribution in [2.24, 2.45) is 23.5 Å². The number of rotatable bonds is 7. The number of nitrogens with one attached hydrogen (secondary N) is 1. The summed E-state index contributed by atoms with van der Waals surface area (Å²) in [6, 6.07) is 0.860. The summed E-state index contributed by atoms with van der Waals surface area (Å²) in [6.45, 7) is 1.15. The van der Waals surface area contributed by atoms with Crippen LogP contribution in [0.3, 0.4) is 0 Å². The van der Waals surface area contributed by atoms with Crippen LogP contribution >= 0.6 is 0 Å². The van der Waals surface area contributed by atoms with Crippen LogP contribution in [-0.2, 0) is 22.6 Å². The molecule has 7 N–H and O–H groups in total. The zero-order chi connectivity index (χ0) is 30.7. The molecule has 4 aliphatic carbocycles. The number of Topliss-reactive ketones (excluding diaryl/α,β-unsaturated/α-hetero) is 2. The molecule has 0 bridgehead atoms. The van der Waals surface area contributed by atoms with Crippen molar-refractivity contribution in [2.45, 2.75) is 63.1 Å². The number of anilines is 1. The Morgan fingerprint density at radius 2 is 1.76 bits per heavy atom. The average Bonchev–Trinajstić information content (AvgIpc) is 2.92. The van der Waals surface area contributed by atoms with Crippen LogP contribution in [-0.4, -0.2) is 89.2 Å². The number of ketones is 2. The molecule has 228 valence electrons. The van der Waals surface area contributed by atoms with E-state index in [1.54, 1.807) is 19.0 Å². The number of fused-ring (bicyclic) bond motifs is 3. The summed E-state index contributed by atoms with van der Waals surface area (Å²) >= 11 is 0. The van der Waals surface area contributed by atoms with Gasteiger partial charge < -0.3 is 36.4 Å². The van der Waals surface area contributed by atoms with Gasteiger partial charge in [-0.2, -0.15) is 0 Å². The highest BCUT2D eigenvalue weighted by molar-refractivity contribution is 6.24. The van der Waals surface area contributed by atoms with Crippen LogP contribution in [0.15, 0.2) is 28.7 Å². The van der Waals surface area contributed by atoms with Crippen molar-refractivity contribution in [3.63, 3.8) is 0 Å². The predicted octanol–water partition coefficient (Wildman–Crippen LogP) is 1.86. The molecule has 42 heavy (non-hydrogen) atoms. The molecule has 0 spiro atoms. The number of phenolic OH excluding ortho intramolecular Hbond substituents is 1. The van der Waals surface area contributed by atoms with E-state index in [1.807, 2.05) is 25.1 Å². The Hall–Kier alpha value is -3.41. The molecule has 1 aromatic rings. The van der Waals surface area contributed by atoms with E-state index in [9.17, 15) is 34.8 Å². The summed E-state index contributed by atoms with van der Waals surface area (Å²) < 4.78 is 0. The molecule has 4 atom stereocenters. The van der Waals surface area contributed by atoms with Crippen molar-refractivity contribution in [2.75, 3.05) is 39.6 Å². The Labute approximate surface area is 245 Å². The molecule has 5 rings (SSSR count). The Kier molecular flexibility index (Phi) is 7.88. The van der Waals surface area contributed by atoms with Crippen molar-refractivity contribution >= 4 is 23.2 Å². The third-order valence-corrected chi connectivity index (χ3v) is 9.73. The zero-order valence-corrected chi connectivity index (χ0v) is 24.7. The Bertz CT molecular complexity index is 1390. The van der Waals surface area contributed by atoms with E-state index in [0.29, 0.717) is 23.6 Å². The van der Waals surface area contributed by atoms with Gasteiger partial charge in [0.05, 0.1) is 11.6 Å². The van der Waals surface area contributed by atoms with Crippen LogP contribution in [0.5, 0.6) is 5.75 Å². The molecule has 11 nitrogen and oxygen atoms in total. The SMILES string of the molecule is CN(C)c1cc(CNCC2CCCCC2)c(O)c2c1CC1CC3C(N(C)C)C(O)=C(C(N)=O)C(=O)C3(O)C(O)=C1C2=O. The average molecular weight is 583 g/mol. The summed E-state index contributed by atoms with van der Waals surface area (Å²) in [5, 5.41) is 49.1. The number of aromatic hydroxyl groups is 1. The molecule has 0 radical (unpaired) electrons. The van der Waals surface area contributed by atoms with E-state index in [1.165, 1.54) is 32.1 Å². The molecule has 11 heteroatoms. The van der Waals surface area contributed by atoms with E-state index in [2.05, 4.69) is 5.32 Å². The van der Waals surface area contributed by atoms with Gasteiger partial charge in [-0.05, 0) is 69.8 Å². The summed E-state index contributed by atoms with van der Waals surface area (Å²) in [5.74, 6) is -5.86. The van der Waals surface area contributed by atoms with Gasteiger partial charge in [0, 0.05) is 43.4 Å². The number of amides is 1. The maximum Gasteiger partial charge on any atom is 0.255 e. The van der Waals surface area contributed by atoms with Crippen molar-refractivity contribution in [3.05, 3.63) is 45.4 Å². The largest absolute Gasteiger partial charge is 0.510 e. The van der Waals surface area contributed by atoms with E-state index in [-0.39, 0.29) is 29.7 Å². The second-order valence-corrected chi connectivity index (χ2v) is 12.7. The van der Waals surface area contributed by atoms with E-state index >= 15 is 0 Å². The standard InChI is InChI=1S/C31H42N4O7/c1-34(2)20-12-17(14-33-13-15-8-6-5-7-9-15)25(36)22-18(20)10-16-11-19-24(35(3)4)27(38)23(30(32)41)29(40)31(19,42)28(39)21(16)26(22)37/h12,15-16,19,24,33,36,38-39,42H,5-11,13-14H2,1-4H3,(H2,32,41). The summed E-state index contributed by atoms with van der Waals surface area (Å²) in [7, 11) is 6.93. The van der Waals surface area contributed by atoms with Gasteiger partial charge in [0.1, 0.15) is 22.8 Å². The Balaban J connectivity index is 1.58. The smallest absolute Gasteiger partial charge is 0.255 e. The van der Waals surface area contributed by atoms with Gasteiger partial charge >= 0.3 is 0 Å². The van der Waals surface area contributed by atoms with Crippen LogP contribution in [0, 0.1) is 17.8 Å². The first-order chi connectivity index (χ1) is 19.8. The van der Waals surface area contributed by atoms with Crippen LogP contribution in [0.2, 0.25) is 0 Å². The van der Waals surface area contributed by atoms with Gasteiger partial charge in [-0.3, -0.25) is 19.3 Å². The number of nitrogens with two attached hydrogens (primary N) is 1. The molecular formula is C31H42N4O7. The van der Waals surface area contributed by atoms with Crippen molar-refractivity contribution in [1.29, 1.82) is 0 Å². The summed E-state index contributed by atoms with van der Waals surface area (Å²) in [5.41, 5.74) is 3.75. The number of hydrogen-bond donors (Lipinski definition) is 6. The minimum Gasteiger partial charge on any atom is -0.510 e. The fourth-order valence-corrected chi connectivity index (χ4v) is 7.69. The number of primary amides is 1. The summed E-state index contributed by atoms with van der Waals surface area (Å²) in [4.78, 5) is 43.3. The van der Waals surface area contributed by atoms with E-state index in [4.69, 9.17) is 5.73 Å². The molecule has 1 saturated carbocycles. The number of allylic oxidation sites excluding steroid dienone is 1. The highest BCUT2D eigenvalue weighted by Gasteiger charge is 2.63. The van der Waals surface area contributed by atoms with Gasteiger partial charge in [-0.25, -0.2) is 0 Å². The third-order valence-electron chi connectivity index (χ3n) is 9.73. The fourth-order valence-electron chi connectivity index (χ4n) is 7.69. The fraction of sp³-hybridized carbons (Fsp3) is 0.581. The third kappa shape index (κ3) is 4.58. The Morgan fingerprint density at radius 1 is 1.10 bits per heavy atom. The molecule has 0 heterocycles. The minimum atomic E-state index is -2.65. The maximum absolute atomic E-state index is 14.1. The van der Waals surface area contributed by atoms with Crippen LogP contribution in [0.4, 0.5) is 5.69 Å². The van der Waals surface area contributed by atoms with Gasteiger partial charge in [-0.15, -0.1) is 0 Å². The van der Waals surface area contributed by atoms with Gasteiger partial charge in [0.2, 0.25) is 5.78 Å². The van der Waals surface area contributed by atoms with Gasteiger partial charge in [0.15, 0.2) is 11.4 Å². The quantitative estimate of drug-likeness (QED) is 0.260. The number of phenols is 1. The van der Waals surface area contributed by atoms with Crippen molar-refractivity contribution in [3.8, 4) is 5.75 Å². The van der Waals surface area contributed by atoms with E-state index < -0.39 is 58.0 Å². The lowest BCUT2D eigenvalue weighted by molar-refractivity contribution is -0.148. The van der Waals surface area contributed by atoms with Crippen molar-refractivity contribution < 1.29 is 34.8 Å². The second kappa shape index (κ2) is 11.0. The first kappa shape index (κ1) is 30.1. The van der Waals surface area contributed by atoms with Crippen LogP contribution < -0.4 is 16.0 Å². The topological polar surface area (TPSA) is 177 Å². The normalized spacial score (nSPS) is 28.1. The molecule has 0 aromatic heterocycles. The van der Waals surface area contributed by atoms with Crippen LogP contribution in [0.25, 0.3) is 0 Å². The second-order valence-electron chi connectivity index (χ2n) is 12.7. The monoisotopic (exact) mass is 582 g/mol. The molecule has 0 aliphatic heterocycles. The maximum atomic E-state index is 14.1.